The molecule has 4 nitrogen and oxygen atoms in total. The maximum atomic E-state index is 11.5. The van der Waals surface area contributed by atoms with E-state index in [-0.39, 0.29) is 5.97 Å². The monoisotopic (exact) mass is 282 g/mol. The molecule has 1 aromatic heterocycles. The molecule has 0 bridgehead atoms. The molecule has 2 rings (SSSR count). The van der Waals surface area contributed by atoms with Crippen molar-refractivity contribution in [1.82, 2.24) is 10.3 Å². The summed E-state index contributed by atoms with van der Waals surface area (Å²) in [6.45, 7) is 5.25. The lowest BCUT2D eigenvalue weighted by Crippen LogP contribution is -2.36. The molecule has 19 heavy (non-hydrogen) atoms. The van der Waals surface area contributed by atoms with E-state index in [1.54, 1.807) is 6.92 Å². The number of esters is 1. The van der Waals surface area contributed by atoms with Gasteiger partial charge in [0.05, 0.1) is 12.3 Å². The normalized spacial score (nSPS) is 23.3. The van der Waals surface area contributed by atoms with Crippen LogP contribution in [0.1, 0.15) is 55.0 Å². The Bertz CT molecular complexity index is 419. The maximum Gasteiger partial charge on any atom is 0.367 e. The number of thiazole rings is 1. The summed E-state index contributed by atoms with van der Waals surface area (Å²) < 4.78 is 4.94. The van der Waals surface area contributed by atoms with Gasteiger partial charge in [-0.25, -0.2) is 9.78 Å². The topological polar surface area (TPSA) is 51.2 Å². The molecule has 0 unspecified atom stereocenters. The average molecular weight is 282 g/mol. The molecule has 1 aliphatic rings. The molecule has 0 aromatic carbocycles. The van der Waals surface area contributed by atoms with Crippen molar-refractivity contribution < 1.29 is 9.53 Å². The number of hydrogen-bond donors (Lipinski definition) is 1. The van der Waals surface area contributed by atoms with Crippen molar-refractivity contribution in [2.75, 3.05) is 6.61 Å². The standard InChI is InChI=1S/C14H22N2O2S/c1-3-18-14(17)13-16-11(9-19-13)8-15-12-7-5-4-6-10(12)2/h9-10,12,15H,3-8H2,1-2H3/t10-,12-/m0/s1. The number of ether oxygens (including phenoxy) is 1. The van der Waals surface area contributed by atoms with Gasteiger partial charge in [0, 0.05) is 18.0 Å². The summed E-state index contributed by atoms with van der Waals surface area (Å²) in [5.41, 5.74) is 0.936. The lowest BCUT2D eigenvalue weighted by atomic mass is 9.86. The first kappa shape index (κ1) is 14.5. The molecule has 1 N–H and O–H groups in total. The van der Waals surface area contributed by atoms with E-state index in [1.165, 1.54) is 37.0 Å². The highest BCUT2D eigenvalue weighted by Gasteiger charge is 2.21. The van der Waals surface area contributed by atoms with E-state index in [9.17, 15) is 4.79 Å². The quantitative estimate of drug-likeness (QED) is 0.844. The number of nitrogens with zero attached hydrogens (tertiary/aromatic N) is 1. The van der Waals surface area contributed by atoms with Crippen LogP contribution in [0.5, 0.6) is 0 Å². The van der Waals surface area contributed by atoms with E-state index >= 15 is 0 Å². The highest BCUT2D eigenvalue weighted by atomic mass is 32.1. The van der Waals surface area contributed by atoms with Crippen LogP contribution in [0, 0.1) is 5.92 Å². The Morgan fingerprint density at radius 3 is 3.05 bits per heavy atom. The molecule has 1 fully saturated rings. The molecule has 1 heterocycles. The van der Waals surface area contributed by atoms with Gasteiger partial charge in [-0.3, -0.25) is 0 Å². The van der Waals surface area contributed by atoms with Crippen molar-refractivity contribution in [3.8, 4) is 0 Å². The summed E-state index contributed by atoms with van der Waals surface area (Å²) in [5, 5.41) is 5.96. The second-order valence-corrected chi connectivity index (χ2v) is 5.97. The minimum Gasteiger partial charge on any atom is -0.461 e. The van der Waals surface area contributed by atoms with E-state index in [2.05, 4.69) is 17.2 Å². The van der Waals surface area contributed by atoms with Crippen LogP contribution in [0.25, 0.3) is 0 Å². The molecule has 0 amide bonds. The van der Waals surface area contributed by atoms with E-state index in [4.69, 9.17) is 4.74 Å². The SMILES string of the molecule is CCOC(=O)c1nc(CN[C@H]2CCCC[C@@H]2C)cs1. The van der Waals surface area contributed by atoms with Crippen molar-refractivity contribution in [3.05, 3.63) is 16.1 Å². The third kappa shape index (κ3) is 4.01. The lowest BCUT2D eigenvalue weighted by Gasteiger charge is -2.29. The number of carbonyl (C=O) groups is 1. The molecule has 106 valence electrons. The summed E-state index contributed by atoms with van der Waals surface area (Å²) in [7, 11) is 0. The van der Waals surface area contributed by atoms with Crippen molar-refractivity contribution >= 4 is 17.3 Å². The molecule has 1 aliphatic carbocycles. The molecule has 0 spiro atoms. The first-order valence-corrected chi connectivity index (χ1v) is 7.93. The van der Waals surface area contributed by atoms with Crippen LogP contribution in [0.4, 0.5) is 0 Å². The first-order chi connectivity index (χ1) is 9.20. The molecule has 0 saturated heterocycles. The zero-order valence-corrected chi connectivity index (χ0v) is 12.5. The smallest absolute Gasteiger partial charge is 0.367 e. The number of nitrogens with one attached hydrogen (secondary N) is 1. The van der Waals surface area contributed by atoms with Crippen molar-refractivity contribution in [2.45, 2.75) is 52.1 Å². The number of carbonyl (C=O) groups excluding carboxylic acids is 1. The summed E-state index contributed by atoms with van der Waals surface area (Å²) in [6, 6.07) is 0.585. The molecule has 1 aromatic rings. The van der Waals surface area contributed by atoms with E-state index in [0.717, 1.165) is 18.2 Å². The summed E-state index contributed by atoms with van der Waals surface area (Å²) in [5.74, 6) is 0.418. The van der Waals surface area contributed by atoms with Gasteiger partial charge in [0.15, 0.2) is 0 Å². The molecule has 2 atom stereocenters. The minimum atomic E-state index is -0.315. The van der Waals surface area contributed by atoms with E-state index in [0.29, 0.717) is 17.7 Å². The molecule has 0 aliphatic heterocycles. The summed E-state index contributed by atoms with van der Waals surface area (Å²) in [6.07, 6.45) is 5.22. The maximum absolute atomic E-state index is 11.5. The van der Waals surface area contributed by atoms with Gasteiger partial charge in [-0.2, -0.15) is 0 Å². The van der Waals surface area contributed by atoms with Gasteiger partial charge in [0.1, 0.15) is 0 Å². The minimum absolute atomic E-state index is 0.315. The molecular weight excluding hydrogens is 260 g/mol. The van der Waals surface area contributed by atoms with Crippen LogP contribution in [-0.4, -0.2) is 23.6 Å². The molecule has 1 saturated carbocycles. The molecule has 5 heteroatoms. The average Bonchev–Trinajstić information content (AvgIpc) is 2.87. The summed E-state index contributed by atoms with van der Waals surface area (Å²) in [4.78, 5) is 15.8. The second kappa shape index (κ2) is 7.01. The molecular formula is C14H22N2O2S. The lowest BCUT2D eigenvalue weighted by molar-refractivity contribution is 0.0525. The Kier molecular flexibility index (Phi) is 5.34. The Hall–Kier alpha value is -0.940. The van der Waals surface area contributed by atoms with Crippen LogP contribution < -0.4 is 5.32 Å². The van der Waals surface area contributed by atoms with Gasteiger partial charge < -0.3 is 10.1 Å². The van der Waals surface area contributed by atoms with Crippen LogP contribution in [0.3, 0.4) is 0 Å². The largest absolute Gasteiger partial charge is 0.461 e. The highest BCUT2D eigenvalue weighted by molar-refractivity contribution is 7.11. The van der Waals surface area contributed by atoms with Crippen molar-refractivity contribution in [2.24, 2.45) is 5.92 Å². The Labute approximate surface area is 118 Å². The fourth-order valence-electron chi connectivity index (χ4n) is 2.53. The predicted molar refractivity (Wildman–Crippen MR) is 76.3 cm³/mol. The van der Waals surface area contributed by atoms with Gasteiger partial charge in [0.2, 0.25) is 5.01 Å². The van der Waals surface area contributed by atoms with Crippen LogP contribution in [0.15, 0.2) is 5.38 Å². The Morgan fingerprint density at radius 2 is 2.32 bits per heavy atom. The number of aromatic nitrogens is 1. The zero-order chi connectivity index (χ0) is 13.7. The van der Waals surface area contributed by atoms with Crippen LogP contribution in [-0.2, 0) is 11.3 Å². The first-order valence-electron chi connectivity index (χ1n) is 7.05. The second-order valence-electron chi connectivity index (χ2n) is 5.11. The third-order valence-corrected chi connectivity index (χ3v) is 4.53. The third-order valence-electron chi connectivity index (χ3n) is 3.66. The Morgan fingerprint density at radius 1 is 1.53 bits per heavy atom. The van der Waals surface area contributed by atoms with Crippen molar-refractivity contribution in [3.63, 3.8) is 0 Å². The highest BCUT2D eigenvalue weighted by Crippen LogP contribution is 2.24. The summed E-state index contributed by atoms with van der Waals surface area (Å²) >= 11 is 1.36. The van der Waals surface area contributed by atoms with Gasteiger partial charge in [-0.1, -0.05) is 19.8 Å². The predicted octanol–water partition coefficient (Wildman–Crippen LogP) is 2.99. The van der Waals surface area contributed by atoms with Crippen LogP contribution >= 0.6 is 11.3 Å². The van der Waals surface area contributed by atoms with Gasteiger partial charge in [-0.05, 0) is 25.7 Å². The zero-order valence-electron chi connectivity index (χ0n) is 11.6. The van der Waals surface area contributed by atoms with E-state index < -0.39 is 0 Å². The number of rotatable bonds is 5. The number of hydrogen-bond acceptors (Lipinski definition) is 5. The molecule has 0 radical (unpaired) electrons. The fourth-order valence-corrected chi connectivity index (χ4v) is 3.24. The van der Waals surface area contributed by atoms with E-state index in [1.807, 2.05) is 5.38 Å². The fraction of sp³-hybridized carbons (Fsp3) is 0.714. The van der Waals surface area contributed by atoms with Gasteiger partial charge >= 0.3 is 5.97 Å². The van der Waals surface area contributed by atoms with Gasteiger partial charge in [-0.15, -0.1) is 11.3 Å². The Balaban J connectivity index is 1.84. The van der Waals surface area contributed by atoms with Crippen molar-refractivity contribution in [1.29, 1.82) is 0 Å². The van der Waals surface area contributed by atoms with Gasteiger partial charge in [0.25, 0.3) is 0 Å². The van der Waals surface area contributed by atoms with Crippen LogP contribution in [0.2, 0.25) is 0 Å².